The Morgan fingerprint density at radius 3 is 2.08 bits per heavy atom. The van der Waals surface area contributed by atoms with E-state index < -0.39 is 23.5 Å². The van der Waals surface area contributed by atoms with Crippen molar-refractivity contribution in [3.05, 3.63) is 71.8 Å². The molecule has 0 saturated heterocycles. The first-order chi connectivity index (χ1) is 11.3. The SMILES string of the molecule is CC[C@](O)(c1ccccc1)C(F)(F)C(=O)N[C@@H](C)c1ccccc1. The average Bonchev–Trinajstić information content (AvgIpc) is 2.62. The van der Waals surface area contributed by atoms with Crippen LogP contribution in [0.15, 0.2) is 60.7 Å². The van der Waals surface area contributed by atoms with E-state index in [-0.39, 0.29) is 12.0 Å². The molecule has 0 aliphatic heterocycles. The quantitative estimate of drug-likeness (QED) is 0.845. The van der Waals surface area contributed by atoms with Gasteiger partial charge in [0.15, 0.2) is 5.60 Å². The van der Waals surface area contributed by atoms with Crippen molar-refractivity contribution < 1.29 is 18.7 Å². The second-order valence-electron chi connectivity index (χ2n) is 5.76. The standard InChI is InChI=1S/C19H21F2NO2/c1-3-18(24,16-12-8-5-9-13-16)19(20,21)17(23)22-14(2)15-10-6-4-7-11-15/h4-14,24H,3H2,1-2H3,(H,22,23)/t14-,18-/m0/s1. The molecule has 0 unspecified atom stereocenters. The summed E-state index contributed by atoms with van der Waals surface area (Å²) in [5, 5.41) is 12.9. The molecule has 2 aromatic rings. The molecule has 3 nitrogen and oxygen atoms in total. The van der Waals surface area contributed by atoms with Crippen LogP contribution < -0.4 is 5.32 Å². The Bertz CT molecular complexity index is 676. The number of benzene rings is 2. The van der Waals surface area contributed by atoms with Gasteiger partial charge in [0.1, 0.15) is 0 Å². The molecule has 2 atom stereocenters. The molecule has 0 spiro atoms. The molecule has 5 heteroatoms. The van der Waals surface area contributed by atoms with Crippen LogP contribution in [0.5, 0.6) is 0 Å². The van der Waals surface area contributed by atoms with E-state index in [1.807, 2.05) is 0 Å². The fourth-order valence-corrected chi connectivity index (χ4v) is 2.62. The Hall–Kier alpha value is -2.27. The van der Waals surface area contributed by atoms with Crippen molar-refractivity contribution in [3.8, 4) is 0 Å². The Kier molecular flexibility index (Phi) is 5.34. The van der Waals surface area contributed by atoms with Crippen molar-refractivity contribution in [3.63, 3.8) is 0 Å². The molecule has 2 N–H and O–H groups in total. The predicted molar refractivity (Wildman–Crippen MR) is 88.6 cm³/mol. The molecule has 24 heavy (non-hydrogen) atoms. The van der Waals surface area contributed by atoms with Gasteiger partial charge >= 0.3 is 5.92 Å². The smallest absolute Gasteiger partial charge is 0.356 e. The van der Waals surface area contributed by atoms with Crippen LogP contribution in [0, 0.1) is 0 Å². The van der Waals surface area contributed by atoms with Gasteiger partial charge in [-0.1, -0.05) is 67.6 Å². The van der Waals surface area contributed by atoms with Crippen LogP contribution >= 0.6 is 0 Å². The lowest BCUT2D eigenvalue weighted by atomic mass is 9.84. The Balaban J connectivity index is 2.26. The molecular weight excluding hydrogens is 312 g/mol. The zero-order chi connectivity index (χ0) is 17.8. The van der Waals surface area contributed by atoms with Crippen LogP contribution in [0.25, 0.3) is 0 Å². The van der Waals surface area contributed by atoms with Crippen LogP contribution in [0.1, 0.15) is 37.4 Å². The number of alkyl halides is 2. The summed E-state index contributed by atoms with van der Waals surface area (Å²) in [5.74, 6) is -5.46. The van der Waals surface area contributed by atoms with Gasteiger partial charge in [0.05, 0.1) is 6.04 Å². The number of rotatable bonds is 6. The highest BCUT2D eigenvalue weighted by Crippen LogP contribution is 2.40. The highest BCUT2D eigenvalue weighted by molar-refractivity contribution is 5.85. The van der Waals surface area contributed by atoms with Crippen molar-refractivity contribution >= 4 is 5.91 Å². The molecule has 0 fully saturated rings. The molecule has 2 rings (SSSR count). The minimum absolute atomic E-state index is 0.0139. The lowest BCUT2D eigenvalue weighted by Gasteiger charge is -2.35. The van der Waals surface area contributed by atoms with E-state index in [2.05, 4.69) is 5.32 Å². The number of carbonyl (C=O) groups excluding carboxylic acids is 1. The van der Waals surface area contributed by atoms with E-state index in [0.717, 1.165) is 0 Å². The van der Waals surface area contributed by atoms with Gasteiger partial charge in [0.2, 0.25) is 0 Å². The first-order valence-corrected chi connectivity index (χ1v) is 7.84. The summed E-state index contributed by atoms with van der Waals surface area (Å²) < 4.78 is 29.5. The maximum atomic E-state index is 14.8. The minimum Gasteiger partial charge on any atom is -0.378 e. The second-order valence-corrected chi connectivity index (χ2v) is 5.76. The summed E-state index contributed by atoms with van der Waals surface area (Å²) in [5.41, 5.74) is -1.84. The molecule has 2 aromatic carbocycles. The molecule has 0 saturated carbocycles. The molecular formula is C19H21F2NO2. The van der Waals surface area contributed by atoms with Gasteiger partial charge in [-0.2, -0.15) is 8.78 Å². The largest absolute Gasteiger partial charge is 0.378 e. The monoisotopic (exact) mass is 333 g/mol. The van der Waals surface area contributed by atoms with Gasteiger partial charge in [-0.15, -0.1) is 0 Å². The zero-order valence-corrected chi connectivity index (χ0v) is 13.7. The minimum atomic E-state index is -3.97. The number of carbonyl (C=O) groups is 1. The number of nitrogens with one attached hydrogen (secondary N) is 1. The lowest BCUT2D eigenvalue weighted by molar-refractivity contribution is -0.198. The molecule has 0 aliphatic carbocycles. The third-order valence-corrected chi connectivity index (χ3v) is 4.21. The first kappa shape index (κ1) is 18.1. The highest BCUT2D eigenvalue weighted by atomic mass is 19.3. The Labute approximate surface area is 140 Å². The molecule has 0 radical (unpaired) electrons. The number of hydrogen-bond acceptors (Lipinski definition) is 2. The summed E-state index contributed by atoms with van der Waals surface area (Å²) in [7, 11) is 0. The van der Waals surface area contributed by atoms with E-state index in [1.165, 1.54) is 19.1 Å². The molecule has 0 bridgehead atoms. The molecule has 0 aliphatic rings. The van der Waals surface area contributed by atoms with E-state index in [0.29, 0.717) is 5.56 Å². The average molecular weight is 333 g/mol. The van der Waals surface area contributed by atoms with Gasteiger partial charge in [-0.3, -0.25) is 4.79 Å². The summed E-state index contributed by atoms with van der Waals surface area (Å²) in [4.78, 5) is 12.2. The van der Waals surface area contributed by atoms with Crippen LogP contribution in [0.3, 0.4) is 0 Å². The number of amides is 1. The molecule has 128 valence electrons. The van der Waals surface area contributed by atoms with Gasteiger partial charge < -0.3 is 10.4 Å². The number of aliphatic hydroxyl groups is 1. The maximum absolute atomic E-state index is 14.8. The van der Waals surface area contributed by atoms with Crippen molar-refractivity contribution in [2.24, 2.45) is 0 Å². The highest BCUT2D eigenvalue weighted by Gasteiger charge is 2.58. The van der Waals surface area contributed by atoms with E-state index in [9.17, 15) is 18.7 Å². The maximum Gasteiger partial charge on any atom is 0.356 e. The van der Waals surface area contributed by atoms with E-state index >= 15 is 0 Å². The van der Waals surface area contributed by atoms with Gasteiger partial charge in [0.25, 0.3) is 5.91 Å². The van der Waals surface area contributed by atoms with Crippen LogP contribution in [0.2, 0.25) is 0 Å². The third-order valence-electron chi connectivity index (χ3n) is 4.21. The fourth-order valence-electron chi connectivity index (χ4n) is 2.62. The number of halogens is 2. The Morgan fingerprint density at radius 2 is 1.58 bits per heavy atom. The van der Waals surface area contributed by atoms with E-state index in [4.69, 9.17) is 0 Å². The van der Waals surface area contributed by atoms with Crippen LogP contribution in [-0.2, 0) is 10.4 Å². The van der Waals surface area contributed by atoms with Crippen molar-refractivity contribution in [2.45, 2.75) is 37.8 Å². The van der Waals surface area contributed by atoms with Gasteiger partial charge in [-0.25, -0.2) is 0 Å². The molecule has 0 heterocycles. The summed E-state index contributed by atoms with van der Waals surface area (Å²) >= 11 is 0. The normalized spacial score (nSPS) is 15.4. The lowest BCUT2D eigenvalue weighted by Crippen LogP contribution is -2.55. The molecule has 0 aromatic heterocycles. The van der Waals surface area contributed by atoms with Crippen molar-refractivity contribution in [1.29, 1.82) is 0 Å². The second kappa shape index (κ2) is 7.09. The van der Waals surface area contributed by atoms with Crippen molar-refractivity contribution in [1.82, 2.24) is 5.32 Å². The van der Waals surface area contributed by atoms with Crippen LogP contribution in [-0.4, -0.2) is 16.9 Å². The summed E-state index contributed by atoms with van der Waals surface area (Å²) in [6.07, 6.45) is -0.294. The summed E-state index contributed by atoms with van der Waals surface area (Å²) in [6, 6.07) is 15.8. The zero-order valence-electron chi connectivity index (χ0n) is 13.7. The third kappa shape index (κ3) is 3.31. The molecule has 1 amide bonds. The Morgan fingerprint density at radius 1 is 1.08 bits per heavy atom. The summed E-state index contributed by atoms with van der Waals surface area (Å²) in [6.45, 7) is 3.05. The topological polar surface area (TPSA) is 49.3 Å². The van der Waals surface area contributed by atoms with Gasteiger partial charge in [0, 0.05) is 0 Å². The predicted octanol–water partition coefficient (Wildman–Crippen LogP) is 3.80. The first-order valence-electron chi connectivity index (χ1n) is 7.84. The fraction of sp³-hybridized carbons (Fsp3) is 0.316. The van der Waals surface area contributed by atoms with E-state index in [1.54, 1.807) is 55.5 Å². The van der Waals surface area contributed by atoms with Crippen LogP contribution in [0.4, 0.5) is 8.78 Å². The van der Waals surface area contributed by atoms with Gasteiger partial charge in [-0.05, 0) is 24.5 Å². The van der Waals surface area contributed by atoms with Crippen molar-refractivity contribution in [2.75, 3.05) is 0 Å². The number of hydrogen-bond donors (Lipinski definition) is 2.